The first-order chi connectivity index (χ1) is 8.95. The molecule has 0 unspecified atom stereocenters. The zero-order chi connectivity index (χ0) is 14.2. The molecule has 4 heteroatoms. The van der Waals surface area contributed by atoms with E-state index < -0.39 is 5.97 Å². The topological polar surface area (TPSA) is 56.5 Å². The molecule has 2 rings (SSSR count). The van der Waals surface area contributed by atoms with E-state index >= 15 is 0 Å². The predicted octanol–water partition coefficient (Wildman–Crippen LogP) is 2.90. The maximum atomic E-state index is 11.9. The third-order valence-electron chi connectivity index (χ3n) is 3.26. The van der Waals surface area contributed by atoms with Crippen molar-refractivity contribution in [2.45, 2.75) is 34.1 Å². The van der Waals surface area contributed by atoms with E-state index in [4.69, 9.17) is 9.15 Å². The molecule has 1 aromatic carbocycles. The summed E-state index contributed by atoms with van der Waals surface area (Å²) in [6, 6.07) is 3.55. The molecular formula is C15H16O4. The summed E-state index contributed by atoms with van der Waals surface area (Å²) in [5.74, 6) is 0.0264. The lowest BCUT2D eigenvalue weighted by Gasteiger charge is -2.10. The van der Waals surface area contributed by atoms with Crippen molar-refractivity contribution in [1.82, 2.24) is 0 Å². The van der Waals surface area contributed by atoms with E-state index in [-0.39, 0.29) is 5.63 Å². The van der Waals surface area contributed by atoms with E-state index in [2.05, 4.69) is 0 Å². The standard InChI is InChI=1S/C15H16O4/c1-5-11-8(2)12-6-7-13(18-10(4)16)9(3)14(12)19-15(11)17/h6-7H,5H2,1-4H3. The van der Waals surface area contributed by atoms with Gasteiger partial charge in [0, 0.05) is 23.4 Å². The van der Waals surface area contributed by atoms with Crippen molar-refractivity contribution in [3.05, 3.63) is 39.2 Å². The molecule has 19 heavy (non-hydrogen) atoms. The second-order valence-electron chi connectivity index (χ2n) is 4.51. The van der Waals surface area contributed by atoms with Gasteiger partial charge in [-0.25, -0.2) is 4.79 Å². The van der Waals surface area contributed by atoms with Crippen molar-refractivity contribution < 1.29 is 13.9 Å². The number of carbonyl (C=O) groups is 1. The molecule has 2 aromatic rings. The number of aryl methyl sites for hydroxylation is 2. The number of ether oxygens (including phenoxy) is 1. The molecule has 0 fully saturated rings. The molecule has 0 saturated carbocycles. The first kappa shape index (κ1) is 13.3. The molecule has 0 amide bonds. The lowest BCUT2D eigenvalue weighted by atomic mass is 10.0. The van der Waals surface area contributed by atoms with Gasteiger partial charge in [0.25, 0.3) is 0 Å². The normalized spacial score (nSPS) is 10.7. The molecule has 0 radical (unpaired) electrons. The quantitative estimate of drug-likeness (QED) is 0.473. The van der Waals surface area contributed by atoms with E-state index in [0.717, 1.165) is 10.9 Å². The van der Waals surface area contributed by atoms with Gasteiger partial charge in [0.2, 0.25) is 0 Å². The summed E-state index contributed by atoms with van der Waals surface area (Å²) in [7, 11) is 0. The molecule has 0 atom stereocenters. The molecule has 0 aliphatic heterocycles. The van der Waals surface area contributed by atoms with E-state index in [9.17, 15) is 9.59 Å². The summed E-state index contributed by atoms with van der Waals surface area (Å²) in [4.78, 5) is 22.9. The molecule has 0 aliphatic carbocycles. The van der Waals surface area contributed by atoms with E-state index in [1.54, 1.807) is 13.0 Å². The minimum atomic E-state index is -0.397. The number of esters is 1. The van der Waals surface area contributed by atoms with Crippen LogP contribution in [0.5, 0.6) is 5.75 Å². The van der Waals surface area contributed by atoms with Crippen molar-refractivity contribution in [2.75, 3.05) is 0 Å². The SMILES string of the molecule is CCc1c(C)c2ccc(OC(C)=O)c(C)c2oc1=O. The summed E-state index contributed by atoms with van der Waals surface area (Å²) in [5, 5.41) is 0.879. The van der Waals surface area contributed by atoms with E-state index in [0.29, 0.717) is 28.9 Å². The highest BCUT2D eigenvalue weighted by atomic mass is 16.5. The Labute approximate surface area is 111 Å². The third kappa shape index (κ3) is 2.26. The summed E-state index contributed by atoms with van der Waals surface area (Å²) in [6.07, 6.45) is 0.634. The first-order valence-electron chi connectivity index (χ1n) is 6.20. The highest BCUT2D eigenvalue weighted by molar-refractivity contribution is 5.86. The van der Waals surface area contributed by atoms with Gasteiger partial charge in [0.1, 0.15) is 11.3 Å². The minimum Gasteiger partial charge on any atom is -0.426 e. The molecule has 0 bridgehead atoms. The fourth-order valence-corrected chi connectivity index (χ4v) is 2.25. The van der Waals surface area contributed by atoms with Crippen LogP contribution in [0.1, 0.15) is 30.5 Å². The van der Waals surface area contributed by atoms with Gasteiger partial charge in [-0.15, -0.1) is 0 Å². The van der Waals surface area contributed by atoms with Crippen molar-refractivity contribution >= 4 is 16.9 Å². The molecule has 4 nitrogen and oxygen atoms in total. The van der Waals surface area contributed by atoms with Gasteiger partial charge >= 0.3 is 11.6 Å². The average molecular weight is 260 g/mol. The Morgan fingerprint density at radius 2 is 1.95 bits per heavy atom. The largest absolute Gasteiger partial charge is 0.426 e. The van der Waals surface area contributed by atoms with Crippen LogP contribution in [0.4, 0.5) is 0 Å². The molecule has 0 spiro atoms. The monoisotopic (exact) mass is 260 g/mol. The van der Waals surface area contributed by atoms with Crippen LogP contribution in [0.3, 0.4) is 0 Å². The molecule has 0 saturated heterocycles. The highest BCUT2D eigenvalue weighted by Crippen LogP contribution is 2.29. The zero-order valence-corrected chi connectivity index (χ0v) is 11.5. The van der Waals surface area contributed by atoms with Crippen LogP contribution < -0.4 is 10.4 Å². The molecule has 0 N–H and O–H groups in total. The maximum absolute atomic E-state index is 11.9. The Morgan fingerprint density at radius 1 is 1.26 bits per heavy atom. The fraction of sp³-hybridized carbons (Fsp3) is 0.333. The summed E-state index contributed by atoms with van der Waals surface area (Å²) >= 11 is 0. The third-order valence-corrected chi connectivity index (χ3v) is 3.26. The Bertz CT molecular complexity index is 710. The van der Waals surface area contributed by atoms with Crippen LogP contribution in [0.2, 0.25) is 0 Å². The molecule has 1 aromatic heterocycles. The molecule has 0 aliphatic rings. The smallest absolute Gasteiger partial charge is 0.339 e. The first-order valence-corrected chi connectivity index (χ1v) is 6.20. The van der Waals surface area contributed by atoms with Crippen molar-refractivity contribution in [3.63, 3.8) is 0 Å². The summed E-state index contributed by atoms with van der Waals surface area (Å²) in [6.45, 7) is 6.94. The van der Waals surface area contributed by atoms with Crippen LogP contribution in [0.25, 0.3) is 11.0 Å². The number of rotatable bonds is 2. The van der Waals surface area contributed by atoms with Gasteiger partial charge < -0.3 is 9.15 Å². The number of fused-ring (bicyclic) bond motifs is 1. The number of hydrogen-bond donors (Lipinski definition) is 0. The average Bonchev–Trinajstić information content (AvgIpc) is 2.33. The minimum absolute atomic E-state index is 0.324. The van der Waals surface area contributed by atoms with Crippen LogP contribution in [-0.2, 0) is 11.2 Å². The van der Waals surface area contributed by atoms with Gasteiger partial charge in [-0.3, -0.25) is 4.79 Å². The van der Waals surface area contributed by atoms with Gasteiger partial charge in [-0.2, -0.15) is 0 Å². The van der Waals surface area contributed by atoms with Crippen molar-refractivity contribution in [1.29, 1.82) is 0 Å². The van der Waals surface area contributed by atoms with Crippen molar-refractivity contribution in [3.8, 4) is 5.75 Å². The Morgan fingerprint density at radius 3 is 2.53 bits per heavy atom. The highest BCUT2D eigenvalue weighted by Gasteiger charge is 2.14. The second-order valence-corrected chi connectivity index (χ2v) is 4.51. The second kappa shape index (κ2) is 4.88. The number of hydrogen-bond acceptors (Lipinski definition) is 4. The number of carbonyl (C=O) groups excluding carboxylic acids is 1. The van der Waals surface area contributed by atoms with Gasteiger partial charge in [-0.1, -0.05) is 6.92 Å². The Hall–Kier alpha value is -2.10. The van der Waals surface area contributed by atoms with E-state index in [1.165, 1.54) is 6.92 Å². The van der Waals surface area contributed by atoms with Crippen molar-refractivity contribution in [2.24, 2.45) is 0 Å². The van der Waals surface area contributed by atoms with Crippen LogP contribution >= 0.6 is 0 Å². The van der Waals surface area contributed by atoms with Crippen LogP contribution in [-0.4, -0.2) is 5.97 Å². The van der Waals surface area contributed by atoms with Gasteiger partial charge in [0.15, 0.2) is 0 Å². The molecular weight excluding hydrogens is 244 g/mol. The maximum Gasteiger partial charge on any atom is 0.339 e. The zero-order valence-electron chi connectivity index (χ0n) is 11.5. The molecule has 100 valence electrons. The lowest BCUT2D eigenvalue weighted by Crippen LogP contribution is -2.10. The van der Waals surface area contributed by atoms with E-state index in [1.807, 2.05) is 19.9 Å². The summed E-state index contributed by atoms with van der Waals surface area (Å²) < 4.78 is 10.5. The fourth-order valence-electron chi connectivity index (χ4n) is 2.25. The Balaban J connectivity index is 2.77. The van der Waals surface area contributed by atoms with Crippen LogP contribution in [0, 0.1) is 13.8 Å². The van der Waals surface area contributed by atoms with Gasteiger partial charge in [-0.05, 0) is 38.0 Å². The van der Waals surface area contributed by atoms with Gasteiger partial charge in [0.05, 0.1) is 0 Å². The van der Waals surface area contributed by atoms with Crippen LogP contribution in [0.15, 0.2) is 21.3 Å². The molecule has 1 heterocycles. The lowest BCUT2D eigenvalue weighted by molar-refractivity contribution is -0.131. The predicted molar refractivity (Wildman–Crippen MR) is 72.6 cm³/mol. The number of benzene rings is 1. The summed E-state index contributed by atoms with van der Waals surface area (Å²) in [5.41, 5.74) is 2.43. The Kier molecular flexibility index (Phi) is 3.42.